The van der Waals surface area contributed by atoms with Crippen molar-refractivity contribution in [2.24, 2.45) is 0 Å². The van der Waals surface area contributed by atoms with Crippen LogP contribution in [0, 0.1) is 0 Å². The minimum atomic E-state index is -3.44. The van der Waals surface area contributed by atoms with Gasteiger partial charge in [-0.1, -0.05) is 25.3 Å². The van der Waals surface area contributed by atoms with E-state index in [4.69, 9.17) is 4.74 Å². The summed E-state index contributed by atoms with van der Waals surface area (Å²) in [6.45, 7) is 2.20. The average Bonchev–Trinajstić information content (AvgIpc) is 2.60. The van der Waals surface area contributed by atoms with E-state index in [0.717, 1.165) is 31.9 Å². The number of benzene rings is 1. The van der Waals surface area contributed by atoms with Gasteiger partial charge in [0.2, 0.25) is 10.0 Å². The first-order valence-corrected chi connectivity index (χ1v) is 10.7. The van der Waals surface area contributed by atoms with Crippen molar-refractivity contribution in [1.29, 1.82) is 0 Å². The standard InChI is InChI=1S/C18H26N2O5S/c1-3-20(16-10-5-4-6-11-16)17(21)13-25-18(22)14-8-7-9-15(12-14)19-26(2,23)24/h7-9,12,16,19H,3-6,10-11,13H2,1-2H3. The number of esters is 1. The molecule has 8 heteroatoms. The van der Waals surface area contributed by atoms with Crippen LogP contribution in [0.1, 0.15) is 49.4 Å². The molecule has 144 valence electrons. The topological polar surface area (TPSA) is 92.8 Å². The van der Waals surface area contributed by atoms with E-state index in [1.807, 2.05) is 6.92 Å². The van der Waals surface area contributed by atoms with Gasteiger partial charge < -0.3 is 9.64 Å². The summed E-state index contributed by atoms with van der Waals surface area (Å²) in [5.74, 6) is -0.853. The first kappa shape index (κ1) is 20.2. The summed E-state index contributed by atoms with van der Waals surface area (Å²) in [4.78, 5) is 26.4. The maximum absolute atomic E-state index is 12.4. The van der Waals surface area contributed by atoms with Crippen molar-refractivity contribution in [3.8, 4) is 0 Å². The van der Waals surface area contributed by atoms with Crippen LogP contribution < -0.4 is 4.72 Å². The molecule has 26 heavy (non-hydrogen) atoms. The van der Waals surface area contributed by atoms with Gasteiger partial charge in [-0.2, -0.15) is 0 Å². The van der Waals surface area contributed by atoms with Crippen LogP contribution in [-0.2, 0) is 19.6 Å². The molecule has 0 radical (unpaired) electrons. The third-order valence-electron chi connectivity index (χ3n) is 4.40. The monoisotopic (exact) mass is 382 g/mol. The Morgan fingerprint density at radius 2 is 1.92 bits per heavy atom. The van der Waals surface area contributed by atoms with Gasteiger partial charge in [0, 0.05) is 18.3 Å². The molecule has 1 saturated carbocycles. The van der Waals surface area contributed by atoms with Crippen LogP contribution >= 0.6 is 0 Å². The lowest BCUT2D eigenvalue weighted by atomic mass is 9.94. The van der Waals surface area contributed by atoms with Crippen molar-refractivity contribution in [2.45, 2.75) is 45.1 Å². The van der Waals surface area contributed by atoms with Crippen LogP contribution in [0.25, 0.3) is 0 Å². The summed E-state index contributed by atoms with van der Waals surface area (Å²) in [5.41, 5.74) is 0.456. The zero-order chi connectivity index (χ0) is 19.2. The number of likely N-dealkylation sites (N-methyl/N-ethyl adjacent to an activating group) is 1. The Hall–Kier alpha value is -2.09. The van der Waals surface area contributed by atoms with Crippen molar-refractivity contribution in [3.05, 3.63) is 29.8 Å². The molecule has 0 spiro atoms. The van der Waals surface area contributed by atoms with E-state index < -0.39 is 16.0 Å². The molecule has 1 aliphatic carbocycles. The summed E-state index contributed by atoms with van der Waals surface area (Å²) in [6.07, 6.45) is 6.46. The lowest BCUT2D eigenvalue weighted by Crippen LogP contribution is -2.43. The van der Waals surface area contributed by atoms with Crippen molar-refractivity contribution in [2.75, 3.05) is 24.1 Å². The van der Waals surface area contributed by atoms with Gasteiger partial charge in [0.1, 0.15) is 0 Å². The second-order valence-electron chi connectivity index (χ2n) is 6.50. The van der Waals surface area contributed by atoms with Gasteiger partial charge in [-0.15, -0.1) is 0 Å². The van der Waals surface area contributed by atoms with Gasteiger partial charge in [0.15, 0.2) is 6.61 Å². The zero-order valence-electron chi connectivity index (χ0n) is 15.2. The Labute approximate surface area is 154 Å². The molecular formula is C18H26N2O5S. The van der Waals surface area contributed by atoms with Crippen molar-refractivity contribution in [1.82, 2.24) is 4.90 Å². The van der Waals surface area contributed by atoms with Gasteiger partial charge in [-0.25, -0.2) is 13.2 Å². The Morgan fingerprint density at radius 1 is 1.23 bits per heavy atom. The Morgan fingerprint density at radius 3 is 2.54 bits per heavy atom. The molecule has 1 fully saturated rings. The Bertz CT molecular complexity index is 742. The van der Waals surface area contributed by atoms with E-state index in [0.29, 0.717) is 6.54 Å². The molecule has 0 aromatic heterocycles. The Balaban J connectivity index is 1.94. The van der Waals surface area contributed by atoms with Crippen LogP contribution in [-0.4, -0.2) is 50.6 Å². The molecule has 1 aromatic carbocycles. The van der Waals surface area contributed by atoms with E-state index in [9.17, 15) is 18.0 Å². The van der Waals surface area contributed by atoms with Crippen LogP contribution in [0.4, 0.5) is 5.69 Å². The number of carbonyl (C=O) groups is 2. The largest absolute Gasteiger partial charge is 0.452 e. The van der Waals surface area contributed by atoms with Gasteiger partial charge in [0.25, 0.3) is 5.91 Å². The molecule has 7 nitrogen and oxygen atoms in total. The smallest absolute Gasteiger partial charge is 0.338 e. The highest BCUT2D eigenvalue weighted by Gasteiger charge is 2.25. The van der Waals surface area contributed by atoms with Gasteiger partial charge in [0.05, 0.1) is 11.8 Å². The zero-order valence-corrected chi connectivity index (χ0v) is 16.0. The molecule has 1 aliphatic rings. The maximum atomic E-state index is 12.4. The predicted octanol–water partition coefficient (Wildman–Crippen LogP) is 2.40. The number of anilines is 1. The molecule has 0 aliphatic heterocycles. The first-order chi connectivity index (χ1) is 12.3. The molecular weight excluding hydrogens is 356 g/mol. The number of sulfonamides is 1. The number of ether oxygens (including phenoxy) is 1. The summed E-state index contributed by atoms with van der Waals surface area (Å²) < 4.78 is 30.0. The van der Waals surface area contributed by atoms with E-state index in [1.54, 1.807) is 11.0 Å². The molecule has 1 N–H and O–H groups in total. The minimum Gasteiger partial charge on any atom is -0.452 e. The number of rotatable bonds is 7. The molecule has 2 rings (SSSR count). The highest BCUT2D eigenvalue weighted by Crippen LogP contribution is 2.22. The molecule has 0 heterocycles. The second-order valence-corrected chi connectivity index (χ2v) is 8.25. The summed E-state index contributed by atoms with van der Waals surface area (Å²) in [7, 11) is -3.44. The fourth-order valence-corrected chi connectivity index (χ4v) is 3.80. The minimum absolute atomic E-state index is 0.187. The quantitative estimate of drug-likeness (QED) is 0.731. The molecule has 0 atom stereocenters. The number of carbonyl (C=O) groups excluding carboxylic acids is 2. The van der Waals surface area contributed by atoms with E-state index in [2.05, 4.69) is 4.72 Å². The number of amides is 1. The lowest BCUT2D eigenvalue weighted by Gasteiger charge is -2.33. The van der Waals surface area contributed by atoms with Gasteiger partial charge in [-0.05, 0) is 38.0 Å². The predicted molar refractivity (Wildman–Crippen MR) is 99.5 cm³/mol. The second kappa shape index (κ2) is 9.02. The number of hydrogen-bond acceptors (Lipinski definition) is 5. The molecule has 0 bridgehead atoms. The van der Waals surface area contributed by atoms with Gasteiger partial charge >= 0.3 is 5.97 Å². The molecule has 0 saturated heterocycles. The lowest BCUT2D eigenvalue weighted by molar-refractivity contribution is -0.137. The third-order valence-corrected chi connectivity index (χ3v) is 5.01. The fourth-order valence-electron chi connectivity index (χ4n) is 3.25. The van der Waals surface area contributed by atoms with Crippen LogP contribution in [0.15, 0.2) is 24.3 Å². The summed E-state index contributed by atoms with van der Waals surface area (Å²) in [5, 5.41) is 0. The third kappa shape index (κ3) is 6.01. The SMILES string of the molecule is CCN(C(=O)COC(=O)c1cccc(NS(C)(=O)=O)c1)C1CCCCC1. The molecule has 1 aromatic rings. The fraction of sp³-hybridized carbons (Fsp3) is 0.556. The van der Waals surface area contributed by atoms with Crippen molar-refractivity contribution >= 4 is 27.6 Å². The van der Waals surface area contributed by atoms with Crippen LogP contribution in [0.5, 0.6) is 0 Å². The van der Waals surface area contributed by atoms with Crippen LogP contribution in [0.2, 0.25) is 0 Å². The summed E-state index contributed by atoms with van der Waals surface area (Å²) in [6, 6.07) is 6.20. The normalized spacial score (nSPS) is 15.3. The van der Waals surface area contributed by atoms with E-state index in [1.165, 1.54) is 24.6 Å². The first-order valence-electron chi connectivity index (χ1n) is 8.84. The molecule has 0 unspecified atom stereocenters. The average molecular weight is 382 g/mol. The number of nitrogens with one attached hydrogen (secondary N) is 1. The van der Waals surface area contributed by atoms with Crippen molar-refractivity contribution in [3.63, 3.8) is 0 Å². The number of hydrogen-bond donors (Lipinski definition) is 1. The van der Waals surface area contributed by atoms with E-state index >= 15 is 0 Å². The van der Waals surface area contributed by atoms with Crippen molar-refractivity contribution < 1.29 is 22.7 Å². The van der Waals surface area contributed by atoms with Crippen LogP contribution in [0.3, 0.4) is 0 Å². The highest BCUT2D eigenvalue weighted by atomic mass is 32.2. The van der Waals surface area contributed by atoms with E-state index in [-0.39, 0.29) is 29.8 Å². The summed E-state index contributed by atoms with van der Waals surface area (Å²) >= 11 is 0. The highest BCUT2D eigenvalue weighted by molar-refractivity contribution is 7.92. The number of nitrogens with zero attached hydrogens (tertiary/aromatic N) is 1. The van der Waals surface area contributed by atoms with Gasteiger partial charge in [-0.3, -0.25) is 9.52 Å². The maximum Gasteiger partial charge on any atom is 0.338 e. The molecule has 1 amide bonds. The Kier molecular flexibility index (Phi) is 7.02.